The zero-order valence-electron chi connectivity index (χ0n) is 8.05. The highest BCUT2D eigenvalue weighted by Crippen LogP contribution is 2.08. The Morgan fingerprint density at radius 2 is 2.33 bits per heavy atom. The van der Waals surface area contributed by atoms with E-state index in [1.165, 1.54) is 5.56 Å². The van der Waals surface area contributed by atoms with Crippen molar-refractivity contribution < 1.29 is 4.42 Å². The third kappa shape index (κ3) is 2.38. The minimum absolute atomic E-state index is 0.564. The first-order chi connectivity index (χ1) is 5.74. The third-order valence-corrected chi connectivity index (χ3v) is 2.19. The van der Waals surface area contributed by atoms with Crippen LogP contribution in [-0.4, -0.2) is 6.04 Å². The first-order valence-corrected chi connectivity index (χ1v) is 4.50. The summed E-state index contributed by atoms with van der Waals surface area (Å²) in [6.45, 7) is 7.26. The van der Waals surface area contributed by atoms with E-state index in [1.807, 2.05) is 6.07 Å². The zero-order valence-corrected chi connectivity index (χ0v) is 8.05. The van der Waals surface area contributed by atoms with Gasteiger partial charge in [0.25, 0.3) is 0 Å². The second kappa shape index (κ2) is 4.31. The molecule has 2 heteroatoms. The average Bonchev–Trinajstić information content (AvgIpc) is 2.47. The number of nitrogens with one attached hydrogen (secondary N) is 1. The maximum absolute atomic E-state index is 5.30. The number of hydrogen-bond donors (Lipinski definition) is 1. The molecule has 0 fully saturated rings. The highest BCUT2D eigenvalue weighted by molar-refractivity contribution is 5.14. The summed E-state index contributed by atoms with van der Waals surface area (Å²) < 4.78 is 5.30. The van der Waals surface area contributed by atoms with Gasteiger partial charge in [0.2, 0.25) is 0 Å². The third-order valence-electron chi connectivity index (χ3n) is 2.19. The molecule has 0 saturated carbocycles. The highest BCUT2D eigenvalue weighted by atomic mass is 16.3. The molecule has 0 saturated heterocycles. The van der Waals surface area contributed by atoms with E-state index < -0.39 is 0 Å². The largest absolute Gasteiger partial charge is 0.468 e. The molecule has 1 heterocycles. The molecular weight excluding hydrogens is 150 g/mol. The van der Waals surface area contributed by atoms with Crippen molar-refractivity contribution in [2.24, 2.45) is 0 Å². The van der Waals surface area contributed by atoms with Crippen LogP contribution in [0.2, 0.25) is 0 Å². The molecule has 68 valence electrons. The van der Waals surface area contributed by atoms with Gasteiger partial charge in [-0.25, -0.2) is 0 Å². The van der Waals surface area contributed by atoms with E-state index in [0.717, 1.165) is 18.7 Å². The van der Waals surface area contributed by atoms with Crippen LogP contribution in [0.4, 0.5) is 0 Å². The molecule has 1 unspecified atom stereocenters. The second-order valence-corrected chi connectivity index (χ2v) is 3.22. The Morgan fingerprint density at radius 3 is 2.83 bits per heavy atom. The summed E-state index contributed by atoms with van der Waals surface area (Å²) in [5, 5.41) is 3.38. The van der Waals surface area contributed by atoms with Crippen LogP contribution in [0.3, 0.4) is 0 Å². The molecule has 0 spiro atoms. The maximum Gasteiger partial charge on any atom is 0.120 e. The maximum atomic E-state index is 5.30. The molecule has 2 nitrogen and oxygen atoms in total. The molecule has 1 aromatic heterocycles. The van der Waals surface area contributed by atoms with Crippen LogP contribution in [0.5, 0.6) is 0 Å². The van der Waals surface area contributed by atoms with Crippen LogP contribution in [0, 0.1) is 6.92 Å². The topological polar surface area (TPSA) is 25.2 Å². The van der Waals surface area contributed by atoms with Gasteiger partial charge in [0.05, 0.1) is 12.8 Å². The summed E-state index contributed by atoms with van der Waals surface area (Å²) in [6.07, 6.45) is 2.89. The van der Waals surface area contributed by atoms with E-state index in [9.17, 15) is 0 Å². The van der Waals surface area contributed by atoms with Gasteiger partial charge >= 0.3 is 0 Å². The van der Waals surface area contributed by atoms with E-state index in [0.29, 0.717) is 6.04 Å². The lowest BCUT2D eigenvalue weighted by molar-refractivity contribution is 0.448. The number of aryl methyl sites for hydroxylation is 1. The highest BCUT2D eigenvalue weighted by Gasteiger charge is 2.02. The fraction of sp³-hybridized carbons (Fsp3) is 0.600. The minimum atomic E-state index is 0.564. The first-order valence-electron chi connectivity index (χ1n) is 4.50. The Hall–Kier alpha value is -0.760. The van der Waals surface area contributed by atoms with Gasteiger partial charge < -0.3 is 9.73 Å². The first kappa shape index (κ1) is 9.33. The molecule has 1 atom stereocenters. The summed E-state index contributed by atoms with van der Waals surface area (Å²) >= 11 is 0. The van der Waals surface area contributed by atoms with Crippen molar-refractivity contribution in [2.45, 2.75) is 39.8 Å². The lowest BCUT2D eigenvalue weighted by Gasteiger charge is -2.09. The summed E-state index contributed by atoms with van der Waals surface area (Å²) in [5.74, 6) is 1.05. The minimum Gasteiger partial charge on any atom is -0.468 e. The van der Waals surface area contributed by atoms with Crippen LogP contribution < -0.4 is 5.32 Å². The van der Waals surface area contributed by atoms with Gasteiger partial charge in [0.1, 0.15) is 5.76 Å². The normalized spacial score (nSPS) is 13.2. The van der Waals surface area contributed by atoms with E-state index >= 15 is 0 Å². The Kier molecular flexibility index (Phi) is 3.35. The zero-order chi connectivity index (χ0) is 8.97. The van der Waals surface area contributed by atoms with Gasteiger partial charge in [-0.15, -0.1) is 0 Å². The van der Waals surface area contributed by atoms with Crippen molar-refractivity contribution >= 4 is 0 Å². The predicted molar refractivity (Wildman–Crippen MR) is 50.0 cm³/mol. The fourth-order valence-electron chi connectivity index (χ4n) is 0.996. The smallest absolute Gasteiger partial charge is 0.120 e. The van der Waals surface area contributed by atoms with Crippen molar-refractivity contribution in [3.63, 3.8) is 0 Å². The van der Waals surface area contributed by atoms with Crippen LogP contribution in [0.25, 0.3) is 0 Å². The summed E-state index contributed by atoms with van der Waals surface area (Å²) in [6, 6.07) is 2.56. The van der Waals surface area contributed by atoms with Crippen molar-refractivity contribution in [3.05, 3.63) is 23.7 Å². The SMILES string of the molecule is CCC(C)NCc1occc1C. The van der Waals surface area contributed by atoms with E-state index in [4.69, 9.17) is 4.42 Å². The quantitative estimate of drug-likeness (QED) is 0.745. The average molecular weight is 167 g/mol. The Labute approximate surface area is 74.0 Å². The van der Waals surface area contributed by atoms with Crippen LogP contribution in [-0.2, 0) is 6.54 Å². The van der Waals surface area contributed by atoms with E-state index in [-0.39, 0.29) is 0 Å². The molecule has 0 aromatic carbocycles. The van der Waals surface area contributed by atoms with E-state index in [2.05, 4.69) is 26.1 Å². The van der Waals surface area contributed by atoms with Crippen molar-refractivity contribution in [1.29, 1.82) is 0 Å². The molecule has 0 bridgehead atoms. The number of hydrogen-bond acceptors (Lipinski definition) is 2. The van der Waals surface area contributed by atoms with Crippen molar-refractivity contribution in [1.82, 2.24) is 5.32 Å². The molecule has 12 heavy (non-hydrogen) atoms. The standard InChI is InChI=1S/C10H17NO/c1-4-9(3)11-7-10-8(2)5-6-12-10/h5-6,9,11H,4,7H2,1-3H3. The molecule has 0 aliphatic carbocycles. The fourth-order valence-corrected chi connectivity index (χ4v) is 0.996. The van der Waals surface area contributed by atoms with Crippen LogP contribution >= 0.6 is 0 Å². The van der Waals surface area contributed by atoms with Gasteiger partial charge in [-0.05, 0) is 31.9 Å². The molecular formula is C10H17NO. The van der Waals surface area contributed by atoms with Gasteiger partial charge in [-0.2, -0.15) is 0 Å². The van der Waals surface area contributed by atoms with Crippen molar-refractivity contribution in [3.8, 4) is 0 Å². The van der Waals surface area contributed by atoms with Gasteiger partial charge in [-0.1, -0.05) is 6.92 Å². The lowest BCUT2D eigenvalue weighted by atomic mass is 10.2. The van der Waals surface area contributed by atoms with Gasteiger partial charge in [-0.3, -0.25) is 0 Å². The summed E-state index contributed by atoms with van der Waals surface area (Å²) in [4.78, 5) is 0. The Balaban J connectivity index is 2.38. The van der Waals surface area contributed by atoms with Crippen molar-refractivity contribution in [2.75, 3.05) is 0 Å². The molecule has 1 N–H and O–H groups in total. The van der Waals surface area contributed by atoms with Crippen LogP contribution in [0.15, 0.2) is 16.7 Å². The molecule has 0 amide bonds. The summed E-state index contributed by atoms with van der Waals surface area (Å²) in [7, 11) is 0. The number of rotatable bonds is 4. The Bertz CT molecular complexity index is 229. The molecule has 0 aliphatic heterocycles. The molecule has 0 radical (unpaired) electrons. The Morgan fingerprint density at radius 1 is 1.58 bits per heavy atom. The molecule has 0 aliphatic rings. The summed E-state index contributed by atoms with van der Waals surface area (Å²) in [5.41, 5.74) is 1.23. The lowest BCUT2D eigenvalue weighted by Crippen LogP contribution is -2.24. The molecule has 1 rings (SSSR count). The van der Waals surface area contributed by atoms with E-state index in [1.54, 1.807) is 6.26 Å². The van der Waals surface area contributed by atoms with Gasteiger partial charge in [0.15, 0.2) is 0 Å². The monoisotopic (exact) mass is 167 g/mol. The number of furan rings is 1. The predicted octanol–water partition coefficient (Wildman–Crippen LogP) is 2.48. The second-order valence-electron chi connectivity index (χ2n) is 3.22. The molecule has 1 aromatic rings. The van der Waals surface area contributed by atoms with Gasteiger partial charge in [0, 0.05) is 6.04 Å². The van der Waals surface area contributed by atoms with Crippen LogP contribution in [0.1, 0.15) is 31.6 Å².